The lowest BCUT2D eigenvalue weighted by Gasteiger charge is -2.12. The van der Waals surface area contributed by atoms with Gasteiger partial charge in [-0.05, 0) is 37.0 Å². The molecule has 0 radical (unpaired) electrons. The van der Waals surface area contributed by atoms with Gasteiger partial charge < -0.3 is 15.7 Å². The molecule has 3 N–H and O–H groups in total. The second-order valence-electron chi connectivity index (χ2n) is 5.07. The zero-order valence-electron chi connectivity index (χ0n) is 11.0. The van der Waals surface area contributed by atoms with Crippen molar-refractivity contribution in [3.8, 4) is 0 Å². The second-order valence-corrected chi connectivity index (χ2v) is 5.51. The molecule has 0 aliphatic heterocycles. The molecule has 0 spiro atoms. The van der Waals surface area contributed by atoms with E-state index in [0.717, 1.165) is 5.56 Å². The van der Waals surface area contributed by atoms with Crippen molar-refractivity contribution in [2.24, 2.45) is 5.41 Å². The largest absolute Gasteiger partial charge is 0.481 e. The van der Waals surface area contributed by atoms with Crippen LogP contribution in [-0.2, 0) is 11.2 Å². The van der Waals surface area contributed by atoms with Gasteiger partial charge in [0.05, 0.1) is 5.41 Å². The number of hydrogen-bond donors (Lipinski definition) is 3. The first-order valence-corrected chi connectivity index (χ1v) is 6.89. The van der Waals surface area contributed by atoms with Crippen molar-refractivity contribution >= 4 is 23.6 Å². The average molecular weight is 297 g/mol. The summed E-state index contributed by atoms with van der Waals surface area (Å²) in [6.45, 7) is 0.683. The summed E-state index contributed by atoms with van der Waals surface area (Å²) in [6.07, 6.45) is 1.97. The molecule has 108 valence electrons. The van der Waals surface area contributed by atoms with Crippen molar-refractivity contribution in [1.29, 1.82) is 0 Å². The van der Waals surface area contributed by atoms with E-state index in [1.165, 1.54) is 0 Å². The molecule has 0 heterocycles. The number of amides is 2. The molecular formula is C14H17ClN2O3. The first-order chi connectivity index (χ1) is 9.52. The summed E-state index contributed by atoms with van der Waals surface area (Å²) in [5, 5.41) is 15.0. The van der Waals surface area contributed by atoms with Gasteiger partial charge in [0.1, 0.15) is 0 Å². The van der Waals surface area contributed by atoms with Gasteiger partial charge >= 0.3 is 12.0 Å². The smallest absolute Gasteiger partial charge is 0.314 e. The van der Waals surface area contributed by atoms with Crippen LogP contribution in [0, 0.1) is 5.41 Å². The minimum Gasteiger partial charge on any atom is -0.481 e. The molecule has 0 bridgehead atoms. The number of carboxylic acid groups (broad SMARTS) is 1. The first-order valence-electron chi connectivity index (χ1n) is 6.51. The van der Waals surface area contributed by atoms with Crippen molar-refractivity contribution in [3.63, 3.8) is 0 Å². The van der Waals surface area contributed by atoms with Crippen LogP contribution in [0.2, 0.25) is 5.02 Å². The molecule has 1 aliphatic rings. The number of halogens is 1. The highest BCUT2D eigenvalue weighted by Gasteiger charge is 2.50. The topological polar surface area (TPSA) is 78.4 Å². The summed E-state index contributed by atoms with van der Waals surface area (Å²) in [4.78, 5) is 22.5. The van der Waals surface area contributed by atoms with Crippen molar-refractivity contribution < 1.29 is 14.7 Å². The van der Waals surface area contributed by atoms with Crippen molar-refractivity contribution in [2.45, 2.75) is 19.3 Å². The summed E-state index contributed by atoms with van der Waals surface area (Å²) in [5.74, 6) is -0.834. The molecule has 0 aromatic heterocycles. The van der Waals surface area contributed by atoms with E-state index < -0.39 is 11.4 Å². The molecule has 0 atom stereocenters. The maximum Gasteiger partial charge on any atom is 0.314 e. The minimum atomic E-state index is -0.834. The van der Waals surface area contributed by atoms with E-state index in [9.17, 15) is 9.59 Å². The third-order valence-corrected chi connectivity index (χ3v) is 3.76. The van der Waals surface area contributed by atoms with Gasteiger partial charge in [-0.1, -0.05) is 23.7 Å². The molecule has 0 saturated heterocycles. The highest BCUT2D eigenvalue weighted by atomic mass is 35.5. The Hall–Kier alpha value is -1.75. The van der Waals surface area contributed by atoms with Crippen LogP contribution in [0.4, 0.5) is 4.79 Å². The molecule has 5 nitrogen and oxygen atoms in total. The van der Waals surface area contributed by atoms with Gasteiger partial charge in [-0.15, -0.1) is 0 Å². The molecule has 6 heteroatoms. The second kappa shape index (κ2) is 6.13. The van der Waals surface area contributed by atoms with E-state index in [0.29, 0.717) is 30.8 Å². The molecule has 2 rings (SSSR count). The van der Waals surface area contributed by atoms with Gasteiger partial charge in [0.15, 0.2) is 0 Å². The van der Waals surface area contributed by atoms with Crippen LogP contribution in [0.3, 0.4) is 0 Å². The number of aliphatic carboxylic acids is 1. The third-order valence-electron chi connectivity index (χ3n) is 3.51. The number of urea groups is 1. The maximum absolute atomic E-state index is 11.5. The Bertz CT molecular complexity index is 498. The van der Waals surface area contributed by atoms with E-state index in [1.807, 2.05) is 12.1 Å². The summed E-state index contributed by atoms with van der Waals surface area (Å²) in [6, 6.07) is 7.10. The molecule has 2 amide bonds. The van der Waals surface area contributed by atoms with Gasteiger partial charge in [-0.25, -0.2) is 4.79 Å². The number of nitrogens with one attached hydrogen (secondary N) is 2. The lowest BCUT2D eigenvalue weighted by molar-refractivity contribution is -0.143. The van der Waals surface area contributed by atoms with E-state index >= 15 is 0 Å². The monoisotopic (exact) mass is 296 g/mol. The van der Waals surface area contributed by atoms with Crippen molar-refractivity contribution in [3.05, 3.63) is 34.9 Å². The van der Waals surface area contributed by atoms with Crippen LogP contribution >= 0.6 is 11.6 Å². The molecule has 0 unspecified atom stereocenters. The Labute approximate surface area is 122 Å². The van der Waals surface area contributed by atoms with Gasteiger partial charge in [0, 0.05) is 18.1 Å². The Morgan fingerprint density at radius 2 is 1.85 bits per heavy atom. The lowest BCUT2D eigenvalue weighted by Crippen LogP contribution is -2.41. The average Bonchev–Trinajstić information content (AvgIpc) is 3.20. The fourth-order valence-electron chi connectivity index (χ4n) is 1.90. The fraction of sp³-hybridized carbons (Fsp3) is 0.429. The summed E-state index contributed by atoms with van der Waals surface area (Å²) in [7, 11) is 0. The molecule has 1 aromatic rings. The van der Waals surface area contributed by atoms with Gasteiger partial charge in [-0.3, -0.25) is 4.79 Å². The normalized spacial score (nSPS) is 15.4. The van der Waals surface area contributed by atoms with E-state index in [1.54, 1.807) is 12.1 Å². The Morgan fingerprint density at radius 3 is 2.40 bits per heavy atom. The van der Waals surface area contributed by atoms with E-state index in [2.05, 4.69) is 10.6 Å². The Balaban J connectivity index is 1.65. The van der Waals surface area contributed by atoms with E-state index in [-0.39, 0.29) is 12.6 Å². The van der Waals surface area contributed by atoms with E-state index in [4.69, 9.17) is 16.7 Å². The van der Waals surface area contributed by atoms with Crippen LogP contribution in [0.1, 0.15) is 18.4 Å². The SMILES string of the molecule is O=C(NCCc1ccc(Cl)cc1)NCC1(C(=O)O)CC1. The standard InChI is InChI=1S/C14H17ClN2O3/c15-11-3-1-10(2-4-11)5-8-16-13(20)17-9-14(6-7-14)12(18)19/h1-4H,5-9H2,(H,18,19)(H2,16,17,20). The molecule has 1 fully saturated rings. The van der Waals surface area contributed by atoms with Crippen molar-refractivity contribution in [2.75, 3.05) is 13.1 Å². The molecule has 20 heavy (non-hydrogen) atoms. The number of carbonyl (C=O) groups excluding carboxylic acids is 1. The summed E-state index contributed by atoms with van der Waals surface area (Å²) >= 11 is 5.78. The quantitative estimate of drug-likeness (QED) is 0.752. The predicted molar refractivity (Wildman–Crippen MR) is 75.9 cm³/mol. The maximum atomic E-state index is 11.5. The third kappa shape index (κ3) is 3.87. The van der Waals surface area contributed by atoms with Crippen molar-refractivity contribution in [1.82, 2.24) is 10.6 Å². The molecule has 1 aliphatic carbocycles. The zero-order valence-corrected chi connectivity index (χ0v) is 11.7. The number of carbonyl (C=O) groups is 2. The van der Waals surface area contributed by atoms with Gasteiger partial charge in [0.2, 0.25) is 0 Å². The van der Waals surface area contributed by atoms with Crippen LogP contribution in [-0.4, -0.2) is 30.2 Å². The van der Waals surface area contributed by atoms with Crippen LogP contribution in [0.15, 0.2) is 24.3 Å². The summed E-state index contributed by atoms with van der Waals surface area (Å²) in [5.41, 5.74) is 0.354. The molecular weight excluding hydrogens is 280 g/mol. The number of rotatable bonds is 6. The number of benzene rings is 1. The lowest BCUT2D eigenvalue weighted by atomic mass is 10.1. The predicted octanol–water partition coefficient (Wildman–Crippen LogP) is 2.05. The first kappa shape index (κ1) is 14.7. The minimum absolute atomic E-state index is 0.190. The van der Waals surface area contributed by atoms with Gasteiger partial charge in [-0.2, -0.15) is 0 Å². The van der Waals surface area contributed by atoms with Gasteiger partial charge in [0.25, 0.3) is 0 Å². The highest BCUT2D eigenvalue weighted by Crippen LogP contribution is 2.45. The number of carboxylic acids is 1. The highest BCUT2D eigenvalue weighted by molar-refractivity contribution is 6.30. The zero-order chi connectivity index (χ0) is 14.6. The van der Waals surface area contributed by atoms with Crippen LogP contribution in [0.25, 0.3) is 0 Å². The summed E-state index contributed by atoms with van der Waals surface area (Å²) < 4.78 is 0. The number of hydrogen-bond acceptors (Lipinski definition) is 2. The Morgan fingerprint density at radius 1 is 1.20 bits per heavy atom. The molecule has 1 saturated carbocycles. The fourth-order valence-corrected chi connectivity index (χ4v) is 2.03. The molecule has 1 aromatic carbocycles. The Kier molecular flexibility index (Phi) is 4.49. The van der Waals surface area contributed by atoms with Crippen LogP contribution < -0.4 is 10.6 Å². The van der Waals surface area contributed by atoms with Crippen LogP contribution in [0.5, 0.6) is 0 Å².